The van der Waals surface area contributed by atoms with Crippen LogP contribution in [0.5, 0.6) is 0 Å². The molecule has 1 heterocycles. The first-order valence-electron chi connectivity index (χ1n) is 7.21. The fraction of sp³-hybridized carbons (Fsp3) is 0.833. The number of fused-ring (bicyclic) bond motifs is 1. The van der Waals surface area contributed by atoms with Crippen LogP contribution in [0.4, 0.5) is 0 Å². The van der Waals surface area contributed by atoms with Crippen molar-refractivity contribution >= 4 is 0 Å². The van der Waals surface area contributed by atoms with E-state index in [2.05, 4.69) is 0 Å². The zero-order valence-electron chi connectivity index (χ0n) is 12.5. The molecule has 2 aliphatic rings. The van der Waals surface area contributed by atoms with Gasteiger partial charge in [0, 0.05) is 18.2 Å². The van der Waals surface area contributed by atoms with Gasteiger partial charge in [-0.2, -0.15) is 0 Å². The smallest absolute Gasteiger partial charge is 0.176 e. The third-order valence-corrected chi connectivity index (χ3v) is 5.12. The van der Waals surface area contributed by atoms with E-state index in [1.807, 2.05) is 13.0 Å². The van der Waals surface area contributed by atoms with Gasteiger partial charge in [0.25, 0.3) is 0 Å². The van der Waals surface area contributed by atoms with Gasteiger partial charge < -0.3 is 39.3 Å². The maximum Gasteiger partial charge on any atom is 0.176 e. The second-order valence-electron chi connectivity index (χ2n) is 6.35. The van der Waals surface area contributed by atoms with Crippen molar-refractivity contribution in [2.75, 3.05) is 6.54 Å². The summed E-state index contributed by atoms with van der Waals surface area (Å²) in [6.45, 7) is 2.38. The maximum absolute atomic E-state index is 6.31. The molecule has 122 valence electrons. The van der Waals surface area contributed by atoms with Crippen molar-refractivity contribution in [1.82, 2.24) is 4.90 Å². The van der Waals surface area contributed by atoms with Crippen LogP contribution in [0, 0.1) is 5.92 Å². The molecule has 16 N–H and O–H groups in total. The summed E-state index contributed by atoms with van der Waals surface area (Å²) in [5.41, 5.74) is 45.4. The van der Waals surface area contributed by atoms with Crippen LogP contribution < -0.4 is 45.9 Å². The van der Waals surface area contributed by atoms with Crippen LogP contribution >= 0.6 is 0 Å². The van der Waals surface area contributed by atoms with Gasteiger partial charge in [0.05, 0.1) is 0 Å². The molecule has 9 heteroatoms. The molecule has 1 saturated heterocycles. The molecule has 2 rings (SSSR count). The maximum atomic E-state index is 6.31. The third-order valence-electron chi connectivity index (χ3n) is 5.12. The van der Waals surface area contributed by atoms with Crippen LogP contribution in [-0.2, 0) is 0 Å². The lowest BCUT2D eigenvalue weighted by atomic mass is 9.72. The van der Waals surface area contributed by atoms with Crippen LogP contribution in [0.25, 0.3) is 0 Å². The van der Waals surface area contributed by atoms with E-state index in [9.17, 15) is 0 Å². The quantitative estimate of drug-likeness (QED) is 0.224. The average Bonchev–Trinajstić information content (AvgIpc) is 2.40. The van der Waals surface area contributed by atoms with Crippen LogP contribution in [0.3, 0.4) is 0 Å². The summed E-state index contributed by atoms with van der Waals surface area (Å²) in [4.78, 5) is 1.72. The first kappa shape index (κ1) is 16.6. The van der Waals surface area contributed by atoms with Gasteiger partial charge in [-0.3, -0.25) is 11.5 Å². The topological polar surface area (TPSA) is 211 Å². The number of rotatable bonds is 1. The van der Waals surface area contributed by atoms with E-state index >= 15 is 0 Å². The van der Waals surface area contributed by atoms with Gasteiger partial charge in [-0.25, -0.2) is 0 Å². The van der Waals surface area contributed by atoms with Crippen molar-refractivity contribution in [1.29, 1.82) is 0 Å². The highest BCUT2D eigenvalue weighted by atomic mass is 15.5. The van der Waals surface area contributed by atoms with E-state index in [1.165, 1.54) is 0 Å². The molecule has 0 aromatic carbocycles. The Bertz CT molecular complexity index is 446. The Balaban J connectivity index is 2.74. The highest BCUT2D eigenvalue weighted by molar-refractivity contribution is 5.31. The molecule has 0 saturated carbocycles. The monoisotopic (exact) mass is 299 g/mol. The van der Waals surface area contributed by atoms with Gasteiger partial charge in [-0.15, -0.1) is 0 Å². The normalized spacial score (nSPS) is 32.9. The van der Waals surface area contributed by atoms with Crippen LogP contribution in [0.2, 0.25) is 0 Å². The first-order chi connectivity index (χ1) is 9.43. The Labute approximate surface area is 125 Å². The lowest BCUT2D eigenvalue weighted by Gasteiger charge is -2.54. The Morgan fingerprint density at radius 2 is 1.62 bits per heavy atom. The number of hydrogen-bond donors (Lipinski definition) is 8. The average molecular weight is 299 g/mol. The molecule has 0 aromatic rings. The van der Waals surface area contributed by atoms with E-state index in [-0.39, 0.29) is 5.92 Å². The zero-order chi connectivity index (χ0) is 16.3. The van der Waals surface area contributed by atoms with Crippen molar-refractivity contribution in [3.63, 3.8) is 0 Å². The minimum atomic E-state index is -1.91. The summed E-state index contributed by atoms with van der Waals surface area (Å²) in [5, 5.41) is 0. The number of allylic oxidation sites excluding steroid dienone is 1. The number of hydrogen-bond acceptors (Lipinski definition) is 9. The van der Waals surface area contributed by atoms with Crippen molar-refractivity contribution < 1.29 is 0 Å². The van der Waals surface area contributed by atoms with E-state index in [0.717, 1.165) is 25.0 Å². The van der Waals surface area contributed by atoms with Gasteiger partial charge in [0.1, 0.15) is 11.3 Å². The molecule has 1 fully saturated rings. The summed E-state index contributed by atoms with van der Waals surface area (Å²) in [5.74, 6) is -2.01. The summed E-state index contributed by atoms with van der Waals surface area (Å²) in [6.07, 6.45) is 4.52. The number of likely N-dealkylation sites (tertiary alicyclic amines) is 1. The zero-order valence-corrected chi connectivity index (χ0v) is 12.5. The third kappa shape index (κ3) is 1.87. The molecule has 9 nitrogen and oxygen atoms in total. The second-order valence-corrected chi connectivity index (χ2v) is 6.35. The summed E-state index contributed by atoms with van der Waals surface area (Å²) < 4.78 is 0. The Morgan fingerprint density at radius 1 is 1.05 bits per heavy atom. The Hall–Kier alpha value is -0.780. The van der Waals surface area contributed by atoms with Crippen molar-refractivity contribution in [2.45, 2.75) is 49.0 Å². The first-order valence-corrected chi connectivity index (χ1v) is 7.21. The molecule has 0 radical (unpaired) electrons. The Kier molecular flexibility index (Phi) is 3.64. The molecule has 21 heavy (non-hydrogen) atoms. The molecule has 1 atom stereocenters. The van der Waals surface area contributed by atoms with Gasteiger partial charge in [0.2, 0.25) is 0 Å². The molecule has 1 unspecified atom stereocenters. The van der Waals surface area contributed by atoms with E-state index < -0.39 is 22.8 Å². The number of nitrogens with zero attached hydrogens (tertiary/aromatic N) is 1. The molecule has 1 aliphatic carbocycles. The van der Waals surface area contributed by atoms with Crippen LogP contribution in [0.1, 0.15) is 26.2 Å². The fourth-order valence-corrected chi connectivity index (χ4v) is 3.50. The molecular weight excluding hydrogens is 270 g/mol. The van der Waals surface area contributed by atoms with E-state index in [4.69, 9.17) is 45.9 Å². The highest BCUT2D eigenvalue weighted by Gasteiger charge is 2.67. The Morgan fingerprint density at radius 3 is 2.14 bits per heavy atom. The van der Waals surface area contributed by atoms with Crippen LogP contribution in [-0.4, -0.2) is 34.2 Å². The van der Waals surface area contributed by atoms with Gasteiger partial charge in [0.15, 0.2) is 11.4 Å². The van der Waals surface area contributed by atoms with E-state index in [1.54, 1.807) is 4.90 Å². The van der Waals surface area contributed by atoms with Crippen molar-refractivity contribution in [2.24, 2.45) is 51.8 Å². The minimum absolute atomic E-state index is 0.318. The predicted molar refractivity (Wildman–Crippen MR) is 82.2 cm³/mol. The summed E-state index contributed by atoms with van der Waals surface area (Å²) >= 11 is 0. The largest absolute Gasteiger partial charge is 0.342 e. The standard InChI is InChI=1S/C12H29N9/c1-2-21-8-6-4-3-5-7(8)9(13,14)10(15,16)11(17,18)12(21,19)20/h6-7H,2-5,13-20H2,1H3. The minimum Gasteiger partial charge on any atom is -0.342 e. The fourth-order valence-electron chi connectivity index (χ4n) is 3.50. The van der Waals surface area contributed by atoms with Gasteiger partial charge in [-0.1, -0.05) is 6.08 Å². The highest BCUT2D eigenvalue weighted by Crippen LogP contribution is 2.43. The molecule has 0 aromatic heterocycles. The SMILES string of the molecule is CCN1C2=CCCCC2C(N)(N)C(N)(N)C(N)(N)C1(N)N. The molecule has 0 bridgehead atoms. The number of nitrogens with two attached hydrogens (primary N) is 8. The van der Waals surface area contributed by atoms with Crippen LogP contribution in [0.15, 0.2) is 11.8 Å². The lowest BCUT2D eigenvalue weighted by Crippen LogP contribution is -2.98. The summed E-state index contributed by atoms with van der Waals surface area (Å²) in [6, 6.07) is 0. The summed E-state index contributed by atoms with van der Waals surface area (Å²) in [7, 11) is 0. The van der Waals surface area contributed by atoms with Crippen molar-refractivity contribution in [3.05, 3.63) is 11.8 Å². The molecule has 0 spiro atoms. The molecular formula is C12H29N9. The van der Waals surface area contributed by atoms with Crippen molar-refractivity contribution in [3.8, 4) is 0 Å². The van der Waals surface area contributed by atoms with Gasteiger partial charge >= 0.3 is 0 Å². The van der Waals surface area contributed by atoms with E-state index in [0.29, 0.717) is 6.54 Å². The number of likely N-dealkylation sites (N-methyl/N-ethyl adjacent to an activating group) is 1. The lowest BCUT2D eigenvalue weighted by molar-refractivity contribution is 0.00256. The molecule has 1 aliphatic heterocycles. The van der Waals surface area contributed by atoms with Gasteiger partial charge in [-0.05, 0) is 26.2 Å². The second kappa shape index (κ2) is 4.61. The predicted octanol–water partition coefficient (Wildman–Crippen LogP) is -3.58. The molecule has 0 amide bonds.